The Morgan fingerprint density at radius 2 is 2.00 bits per heavy atom. The maximum absolute atomic E-state index is 12.4. The summed E-state index contributed by atoms with van der Waals surface area (Å²) in [5.41, 5.74) is 2.67. The van der Waals surface area contributed by atoms with Crippen molar-refractivity contribution in [3.05, 3.63) is 53.6 Å². The van der Waals surface area contributed by atoms with Crippen LogP contribution in [-0.4, -0.2) is 32.5 Å². The van der Waals surface area contributed by atoms with Crippen LogP contribution in [0, 0.1) is 0 Å². The Bertz CT molecular complexity index is 854. The zero-order chi connectivity index (χ0) is 15.1. The van der Waals surface area contributed by atoms with Crippen LogP contribution >= 0.6 is 0 Å². The minimum absolute atomic E-state index is 0.104. The van der Waals surface area contributed by atoms with Gasteiger partial charge in [0.2, 0.25) is 0 Å². The molecule has 1 unspecified atom stereocenters. The number of carbonyl (C=O) groups is 1. The molecule has 2 heterocycles. The first kappa shape index (κ1) is 12.9. The summed E-state index contributed by atoms with van der Waals surface area (Å²) < 4.78 is 6.85. The molecule has 1 atom stereocenters. The summed E-state index contributed by atoms with van der Waals surface area (Å²) in [6.07, 6.45) is 4.31. The highest BCUT2D eigenvalue weighted by atomic mass is 16.5. The number of hydrogen-bond acceptors (Lipinski definition) is 5. The second-order valence-electron chi connectivity index (χ2n) is 5.39. The minimum atomic E-state index is 0.104. The number of methoxy groups -OCH3 is 1. The molecule has 0 aliphatic heterocycles. The van der Waals surface area contributed by atoms with Gasteiger partial charge in [0.15, 0.2) is 5.78 Å². The van der Waals surface area contributed by atoms with Crippen LogP contribution in [0.4, 0.5) is 0 Å². The Morgan fingerprint density at radius 3 is 2.77 bits per heavy atom. The lowest BCUT2D eigenvalue weighted by Gasteiger charge is -2.24. The van der Waals surface area contributed by atoms with Gasteiger partial charge in [0.05, 0.1) is 18.4 Å². The highest BCUT2D eigenvalue weighted by molar-refractivity contribution is 5.98. The average molecular weight is 294 g/mol. The average Bonchev–Trinajstić information content (AvgIpc) is 3.04. The Morgan fingerprint density at radius 1 is 1.18 bits per heavy atom. The van der Waals surface area contributed by atoms with Gasteiger partial charge in [-0.3, -0.25) is 4.79 Å². The van der Waals surface area contributed by atoms with E-state index < -0.39 is 0 Å². The van der Waals surface area contributed by atoms with E-state index in [-0.39, 0.29) is 11.7 Å². The van der Waals surface area contributed by atoms with Crippen molar-refractivity contribution in [2.24, 2.45) is 0 Å². The molecular weight excluding hydrogens is 280 g/mol. The van der Waals surface area contributed by atoms with Gasteiger partial charge in [0.1, 0.15) is 12.1 Å². The highest BCUT2D eigenvalue weighted by Gasteiger charge is 2.29. The van der Waals surface area contributed by atoms with E-state index in [4.69, 9.17) is 4.74 Å². The molecule has 3 aromatic rings. The van der Waals surface area contributed by atoms with Crippen molar-refractivity contribution in [2.45, 2.75) is 18.8 Å². The third-order valence-corrected chi connectivity index (χ3v) is 4.16. The minimum Gasteiger partial charge on any atom is -0.497 e. The molecule has 0 saturated heterocycles. The molecule has 0 radical (unpaired) electrons. The molecule has 0 fully saturated rings. The molecule has 0 amide bonds. The van der Waals surface area contributed by atoms with Crippen LogP contribution in [0.3, 0.4) is 0 Å². The maximum atomic E-state index is 12.4. The molecule has 1 aliphatic rings. The standard InChI is InChI=1S/C16H14N4O2/c1-22-12-4-2-10(3-5-12)11-6-14-13(15(21)7-11)8-17-16-18-9-19-20(14)16/h2-5,8-9,11H,6-7H2,1H3. The molecule has 6 nitrogen and oxygen atoms in total. The van der Waals surface area contributed by atoms with Crippen molar-refractivity contribution >= 4 is 11.6 Å². The SMILES string of the molecule is COc1ccc(C2CC(=O)c3cnc4ncnn4c3C2)cc1. The lowest BCUT2D eigenvalue weighted by Crippen LogP contribution is -2.22. The van der Waals surface area contributed by atoms with E-state index in [1.54, 1.807) is 17.8 Å². The van der Waals surface area contributed by atoms with Gasteiger partial charge in [0, 0.05) is 12.6 Å². The summed E-state index contributed by atoms with van der Waals surface area (Å²) in [4.78, 5) is 20.7. The number of hydrogen-bond donors (Lipinski definition) is 0. The molecule has 0 N–H and O–H groups in total. The fourth-order valence-corrected chi connectivity index (χ4v) is 3.01. The molecule has 1 aromatic carbocycles. The lowest BCUT2D eigenvalue weighted by atomic mass is 9.82. The summed E-state index contributed by atoms with van der Waals surface area (Å²) in [5, 5.41) is 4.19. The van der Waals surface area contributed by atoms with Gasteiger partial charge < -0.3 is 4.74 Å². The third kappa shape index (κ3) is 1.95. The van der Waals surface area contributed by atoms with E-state index in [9.17, 15) is 4.79 Å². The van der Waals surface area contributed by atoms with E-state index in [0.29, 0.717) is 17.8 Å². The fraction of sp³-hybridized carbons (Fsp3) is 0.250. The maximum Gasteiger partial charge on any atom is 0.252 e. The first-order valence-electron chi connectivity index (χ1n) is 7.11. The molecule has 4 rings (SSSR count). The van der Waals surface area contributed by atoms with Crippen LogP contribution in [0.25, 0.3) is 5.78 Å². The van der Waals surface area contributed by atoms with E-state index in [0.717, 1.165) is 23.4 Å². The molecule has 0 bridgehead atoms. The van der Waals surface area contributed by atoms with Gasteiger partial charge >= 0.3 is 0 Å². The number of ketones is 1. The predicted molar refractivity (Wildman–Crippen MR) is 79.2 cm³/mol. The van der Waals surface area contributed by atoms with E-state index in [1.807, 2.05) is 24.3 Å². The van der Waals surface area contributed by atoms with Gasteiger partial charge in [-0.1, -0.05) is 12.1 Å². The number of aromatic nitrogens is 4. The van der Waals surface area contributed by atoms with Crippen molar-refractivity contribution in [2.75, 3.05) is 7.11 Å². The summed E-state index contributed by atoms with van der Waals surface area (Å²) in [5.74, 6) is 1.59. The number of Topliss-reactive ketones (excluding diaryl/α,β-unsaturated/α-hetero) is 1. The number of benzene rings is 1. The summed E-state index contributed by atoms with van der Waals surface area (Å²) >= 11 is 0. The molecule has 2 aromatic heterocycles. The van der Waals surface area contributed by atoms with Crippen LogP contribution in [0.2, 0.25) is 0 Å². The normalized spacial score (nSPS) is 17.5. The Hall–Kier alpha value is -2.76. The molecule has 110 valence electrons. The molecule has 0 saturated carbocycles. The van der Waals surface area contributed by atoms with Crippen LogP contribution in [0.1, 0.15) is 34.0 Å². The zero-order valence-electron chi connectivity index (χ0n) is 12.1. The quantitative estimate of drug-likeness (QED) is 0.723. The van der Waals surface area contributed by atoms with Gasteiger partial charge in [0.25, 0.3) is 5.78 Å². The topological polar surface area (TPSA) is 69.4 Å². The lowest BCUT2D eigenvalue weighted by molar-refractivity contribution is 0.0962. The van der Waals surface area contributed by atoms with E-state index in [2.05, 4.69) is 15.1 Å². The summed E-state index contributed by atoms with van der Waals surface area (Å²) in [6.45, 7) is 0. The van der Waals surface area contributed by atoms with Crippen LogP contribution < -0.4 is 4.74 Å². The summed E-state index contributed by atoms with van der Waals surface area (Å²) in [7, 11) is 1.64. The Kier molecular flexibility index (Phi) is 2.89. The van der Waals surface area contributed by atoms with Gasteiger partial charge in [-0.05, 0) is 30.0 Å². The van der Waals surface area contributed by atoms with Crippen molar-refractivity contribution in [3.8, 4) is 5.75 Å². The molecular formula is C16H14N4O2. The smallest absolute Gasteiger partial charge is 0.252 e. The number of carbonyl (C=O) groups excluding carboxylic acids is 1. The van der Waals surface area contributed by atoms with Crippen molar-refractivity contribution < 1.29 is 9.53 Å². The second-order valence-corrected chi connectivity index (χ2v) is 5.39. The Balaban J connectivity index is 1.76. The number of rotatable bonds is 2. The first-order valence-corrected chi connectivity index (χ1v) is 7.11. The monoisotopic (exact) mass is 294 g/mol. The largest absolute Gasteiger partial charge is 0.497 e. The van der Waals surface area contributed by atoms with Crippen molar-refractivity contribution in [3.63, 3.8) is 0 Å². The molecule has 0 spiro atoms. The zero-order valence-corrected chi connectivity index (χ0v) is 12.1. The predicted octanol–water partition coefficient (Wildman–Crippen LogP) is 2.05. The third-order valence-electron chi connectivity index (χ3n) is 4.16. The van der Waals surface area contributed by atoms with Gasteiger partial charge in [-0.15, -0.1) is 0 Å². The number of nitrogens with zero attached hydrogens (tertiary/aromatic N) is 4. The van der Waals surface area contributed by atoms with Crippen LogP contribution in [0.5, 0.6) is 5.75 Å². The van der Waals surface area contributed by atoms with Crippen molar-refractivity contribution in [1.82, 2.24) is 19.6 Å². The van der Waals surface area contributed by atoms with E-state index in [1.165, 1.54) is 6.33 Å². The molecule has 22 heavy (non-hydrogen) atoms. The van der Waals surface area contributed by atoms with E-state index >= 15 is 0 Å². The first-order chi connectivity index (χ1) is 10.8. The fourth-order valence-electron chi connectivity index (χ4n) is 3.01. The second kappa shape index (κ2) is 4.91. The van der Waals surface area contributed by atoms with Crippen molar-refractivity contribution in [1.29, 1.82) is 0 Å². The molecule has 1 aliphatic carbocycles. The van der Waals surface area contributed by atoms with Crippen LogP contribution in [-0.2, 0) is 6.42 Å². The summed E-state index contributed by atoms with van der Waals surface area (Å²) in [6, 6.07) is 7.88. The highest BCUT2D eigenvalue weighted by Crippen LogP contribution is 2.33. The molecule has 6 heteroatoms. The van der Waals surface area contributed by atoms with Crippen LogP contribution in [0.15, 0.2) is 36.8 Å². The van der Waals surface area contributed by atoms with Gasteiger partial charge in [-0.2, -0.15) is 10.1 Å². The number of fused-ring (bicyclic) bond motifs is 3. The van der Waals surface area contributed by atoms with Gasteiger partial charge in [-0.25, -0.2) is 9.50 Å². The Labute approximate surface area is 126 Å². The number of ether oxygens (including phenoxy) is 1.